The number of aliphatic hydroxyl groups excluding tert-OH is 1. The molecule has 0 unspecified atom stereocenters. The first-order valence-corrected chi connectivity index (χ1v) is 9.78. The van der Waals surface area contributed by atoms with E-state index in [0.29, 0.717) is 10.6 Å². The molecule has 5 nitrogen and oxygen atoms in total. The highest BCUT2D eigenvalue weighted by Crippen LogP contribution is 2.37. The van der Waals surface area contributed by atoms with Gasteiger partial charge in [-0.1, -0.05) is 35.9 Å². The number of anilines is 1. The van der Waals surface area contributed by atoms with Crippen LogP contribution in [0.4, 0.5) is 5.95 Å². The van der Waals surface area contributed by atoms with Gasteiger partial charge >= 0.3 is 0 Å². The Hall–Kier alpha value is -2.63. The summed E-state index contributed by atoms with van der Waals surface area (Å²) in [7, 11) is 0. The van der Waals surface area contributed by atoms with E-state index in [-0.39, 0.29) is 11.7 Å². The second-order valence-corrected chi connectivity index (χ2v) is 7.54. The van der Waals surface area contributed by atoms with Crippen molar-refractivity contribution in [3.63, 3.8) is 0 Å². The summed E-state index contributed by atoms with van der Waals surface area (Å²) in [6, 6.07) is 14.7. The molecule has 4 rings (SSSR count). The van der Waals surface area contributed by atoms with Crippen LogP contribution in [0.2, 0.25) is 5.02 Å². The second-order valence-electron chi connectivity index (χ2n) is 7.10. The van der Waals surface area contributed by atoms with Gasteiger partial charge in [-0.15, -0.1) is 0 Å². The second kappa shape index (κ2) is 8.17. The van der Waals surface area contributed by atoms with E-state index in [1.54, 1.807) is 24.5 Å². The van der Waals surface area contributed by atoms with Crippen LogP contribution in [0.15, 0.2) is 60.9 Å². The molecular weight excluding hydrogens is 374 g/mol. The van der Waals surface area contributed by atoms with Crippen molar-refractivity contribution < 1.29 is 10.2 Å². The minimum Gasteiger partial charge on any atom is -0.508 e. The Bertz CT molecular complexity index is 944. The molecule has 6 heteroatoms. The van der Waals surface area contributed by atoms with Crippen LogP contribution in [0.3, 0.4) is 0 Å². The molecule has 0 amide bonds. The van der Waals surface area contributed by atoms with Gasteiger partial charge in [-0.25, -0.2) is 9.97 Å². The predicted molar refractivity (Wildman–Crippen MR) is 110 cm³/mol. The molecule has 0 spiro atoms. The van der Waals surface area contributed by atoms with Crippen LogP contribution >= 0.6 is 11.6 Å². The van der Waals surface area contributed by atoms with Crippen molar-refractivity contribution in [2.45, 2.75) is 18.9 Å². The molecule has 0 saturated carbocycles. The Balaban J connectivity index is 1.46. The molecular formula is C22H22ClN3O2. The lowest BCUT2D eigenvalue weighted by molar-refractivity contribution is 0.0904. The maximum Gasteiger partial charge on any atom is 0.225 e. The molecule has 0 aliphatic carbocycles. The molecule has 0 bridgehead atoms. The number of phenolic OH excluding ortho intramolecular Hbond substituents is 1. The van der Waals surface area contributed by atoms with Crippen LogP contribution in [0.1, 0.15) is 24.5 Å². The van der Waals surface area contributed by atoms with E-state index in [1.807, 2.05) is 36.4 Å². The average molecular weight is 396 g/mol. The fourth-order valence-corrected chi connectivity index (χ4v) is 3.96. The minimum absolute atomic E-state index is 0.0860. The fourth-order valence-electron chi connectivity index (χ4n) is 3.77. The summed E-state index contributed by atoms with van der Waals surface area (Å²) in [6.45, 7) is 1.57. The van der Waals surface area contributed by atoms with Crippen molar-refractivity contribution in [1.29, 1.82) is 0 Å². The van der Waals surface area contributed by atoms with Gasteiger partial charge in [0.2, 0.25) is 5.95 Å². The van der Waals surface area contributed by atoms with Crippen LogP contribution in [-0.4, -0.2) is 33.3 Å². The summed E-state index contributed by atoms with van der Waals surface area (Å²) in [4.78, 5) is 10.7. The molecule has 1 aromatic heterocycles. The summed E-state index contributed by atoms with van der Waals surface area (Å²) in [5.74, 6) is 0.922. The lowest BCUT2D eigenvalue weighted by Gasteiger charge is -2.34. The average Bonchev–Trinajstić information content (AvgIpc) is 2.74. The largest absolute Gasteiger partial charge is 0.508 e. The molecule has 2 aromatic carbocycles. The first-order valence-electron chi connectivity index (χ1n) is 9.41. The van der Waals surface area contributed by atoms with Crippen molar-refractivity contribution >= 4 is 17.5 Å². The number of hydrogen-bond donors (Lipinski definition) is 2. The number of piperidine rings is 1. The SMILES string of the molecule is Oc1cc(-c2cccc(Cl)c2)ccc1[C@@H](O)C1CCN(c2ncccn2)CC1. The van der Waals surface area contributed by atoms with Crippen LogP contribution in [0.5, 0.6) is 5.75 Å². The summed E-state index contributed by atoms with van der Waals surface area (Å²) >= 11 is 6.06. The zero-order chi connectivity index (χ0) is 19.5. The number of halogens is 1. The number of phenols is 1. The molecule has 3 aromatic rings. The molecule has 2 N–H and O–H groups in total. The van der Waals surface area contributed by atoms with Crippen molar-refractivity contribution in [1.82, 2.24) is 9.97 Å². The van der Waals surface area contributed by atoms with Gasteiger partial charge < -0.3 is 15.1 Å². The highest BCUT2D eigenvalue weighted by atomic mass is 35.5. The normalized spacial score (nSPS) is 16.1. The van der Waals surface area contributed by atoms with Crippen LogP contribution in [-0.2, 0) is 0 Å². The number of aromatic hydroxyl groups is 1. The van der Waals surface area contributed by atoms with Crippen molar-refractivity contribution in [2.24, 2.45) is 5.92 Å². The molecule has 28 heavy (non-hydrogen) atoms. The first-order chi connectivity index (χ1) is 13.6. The smallest absolute Gasteiger partial charge is 0.225 e. The molecule has 1 saturated heterocycles. The summed E-state index contributed by atoms with van der Waals surface area (Å²) in [5, 5.41) is 22.0. The maximum absolute atomic E-state index is 10.9. The minimum atomic E-state index is -0.702. The number of hydrogen-bond acceptors (Lipinski definition) is 5. The van der Waals surface area contributed by atoms with E-state index in [2.05, 4.69) is 14.9 Å². The maximum atomic E-state index is 10.9. The third-order valence-corrected chi connectivity index (χ3v) is 5.56. The van der Waals surface area contributed by atoms with Crippen molar-refractivity contribution in [3.8, 4) is 16.9 Å². The summed E-state index contributed by atoms with van der Waals surface area (Å²) < 4.78 is 0. The Labute approximate surface area is 169 Å². The highest BCUT2D eigenvalue weighted by Gasteiger charge is 2.28. The third-order valence-electron chi connectivity index (χ3n) is 5.33. The van der Waals surface area contributed by atoms with Crippen molar-refractivity contribution in [2.75, 3.05) is 18.0 Å². The van der Waals surface area contributed by atoms with E-state index in [4.69, 9.17) is 11.6 Å². The Morgan fingerprint density at radius 1 is 0.964 bits per heavy atom. The van der Waals surface area contributed by atoms with Gasteiger partial charge in [-0.2, -0.15) is 0 Å². The zero-order valence-corrected chi connectivity index (χ0v) is 16.1. The molecule has 1 aliphatic heterocycles. The van der Waals surface area contributed by atoms with Gasteiger partial charge in [0.25, 0.3) is 0 Å². The molecule has 1 fully saturated rings. The van der Waals surface area contributed by atoms with Gasteiger partial charge in [0, 0.05) is 36.1 Å². The van der Waals surface area contributed by atoms with Gasteiger partial charge in [-0.05, 0) is 54.2 Å². The van der Waals surface area contributed by atoms with E-state index >= 15 is 0 Å². The lowest BCUT2D eigenvalue weighted by Crippen LogP contribution is -2.36. The van der Waals surface area contributed by atoms with E-state index in [1.165, 1.54) is 0 Å². The number of aliphatic hydroxyl groups is 1. The Kier molecular flexibility index (Phi) is 5.46. The number of nitrogens with zero attached hydrogens (tertiary/aromatic N) is 3. The van der Waals surface area contributed by atoms with Gasteiger partial charge in [-0.3, -0.25) is 0 Å². The molecule has 144 valence electrons. The quantitative estimate of drug-likeness (QED) is 0.682. The predicted octanol–water partition coefficient (Wildman–Crippen LogP) is 4.45. The molecule has 2 heterocycles. The van der Waals surface area contributed by atoms with Gasteiger partial charge in [0.15, 0.2) is 0 Å². The third kappa shape index (κ3) is 3.96. The summed E-state index contributed by atoms with van der Waals surface area (Å²) in [5.41, 5.74) is 2.37. The van der Waals surface area contributed by atoms with Crippen LogP contribution in [0, 0.1) is 5.92 Å². The van der Waals surface area contributed by atoms with E-state index < -0.39 is 6.10 Å². The van der Waals surface area contributed by atoms with Gasteiger partial charge in [0.05, 0.1) is 6.10 Å². The number of benzene rings is 2. The van der Waals surface area contributed by atoms with Gasteiger partial charge in [0.1, 0.15) is 5.75 Å². The molecule has 1 atom stereocenters. The number of aromatic nitrogens is 2. The Morgan fingerprint density at radius 2 is 1.68 bits per heavy atom. The van der Waals surface area contributed by atoms with Crippen LogP contribution < -0.4 is 4.90 Å². The standard InChI is InChI=1S/C22H22ClN3O2/c23-18-4-1-3-16(13-18)17-5-6-19(20(27)14-17)21(28)15-7-11-26(12-8-15)22-24-9-2-10-25-22/h1-6,9-10,13-15,21,27-28H,7-8,11-12H2/t21-/m0/s1. The highest BCUT2D eigenvalue weighted by molar-refractivity contribution is 6.30. The topological polar surface area (TPSA) is 69.5 Å². The lowest BCUT2D eigenvalue weighted by atomic mass is 9.86. The van der Waals surface area contributed by atoms with Crippen LogP contribution in [0.25, 0.3) is 11.1 Å². The zero-order valence-electron chi connectivity index (χ0n) is 15.4. The molecule has 0 radical (unpaired) electrons. The number of rotatable bonds is 4. The first kappa shape index (κ1) is 18.7. The van der Waals surface area contributed by atoms with Crippen molar-refractivity contribution in [3.05, 3.63) is 71.5 Å². The molecule has 1 aliphatic rings. The van der Waals surface area contributed by atoms with E-state index in [9.17, 15) is 10.2 Å². The monoisotopic (exact) mass is 395 g/mol. The summed E-state index contributed by atoms with van der Waals surface area (Å²) in [6.07, 6.45) is 4.40. The fraction of sp³-hybridized carbons (Fsp3) is 0.273. The van der Waals surface area contributed by atoms with E-state index in [0.717, 1.165) is 43.0 Å². The Morgan fingerprint density at radius 3 is 2.36 bits per heavy atom.